The van der Waals surface area contributed by atoms with Crippen molar-refractivity contribution in [3.63, 3.8) is 0 Å². The lowest BCUT2D eigenvalue weighted by molar-refractivity contribution is -0.140. The molecule has 1 aliphatic heterocycles. The van der Waals surface area contributed by atoms with Gasteiger partial charge in [0, 0.05) is 30.6 Å². The van der Waals surface area contributed by atoms with Crippen LogP contribution in [-0.2, 0) is 32.6 Å². The molecular weight excluding hydrogens is 657 g/mol. The van der Waals surface area contributed by atoms with Gasteiger partial charge in [-0.2, -0.15) is 0 Å². The van der Waals surface area contributed by atoms with Crippen LogP contribution in [-0.4, -0.2) is 57.5 Å². The number of anilines is 1. The zero-order chi connectivity index (χ0) is 34.3. The predicted molar refractivity (Wildman–Crippen MR) is 182 cm³/mol. The lowest BCUT2D eigenvalue weighted by Crippen LogP contribution is -2.53. The van der Waals surface area contributed by atoms with E-state index in [0.29, 0.717) is 29.5 Å². The van der Waals surface area contributed by atoms with Gasteiger partial charge in [-0.25, -0.2) is 12.8 Å². The van der Waals surface area contributed by atoms with Crippen LogP contribution in [0.25, 0.3) is 0 Å². The van der Waals surface area contributed by atoms with Gasteiger partial charge in [0.25, 0.3) is 10.0 Å². The van der Waals surface area contributed by atoms with Gasteiger partial charge in [0.2, 0.25) is 11.8 Å². The molecule has 5 rings (SSSR count). The number of amides is 2. The Morgan fingerprint density at radius 1 is 0.896 bits per heavy atom. The second kappa shape index (κ2) is 15.5. The first-order chi connectivity index (χ1) is 23.0. The normalized spacial score (nSPS) is 13.1. The van der Waals surface area contributed by atoms with Gasteiger partial charge in [0.05, 0.1) is 10.6 Å². The van der Waals surface area contributed by atoms with Gasteiger partial charge in [-0.1, -0.05) is 74.0 Å². The monoisotopic (exact) mass is 693 g/mol. The van der Waals surface area contributed by atoms with Gasteiger partial charge in [-0.05, 0) is 59.5 Å². The second-order valence-electron chi connectivity index (χ2n) is 11.8. The average Bonchev–Trinajstić information content (AvgIpc) is 3.09. The molecule has 0 radical (unpaired) electrons. The zero-order valence-electron chi connectivity index (χ0n) is 26.6. The van der Waals surface area contributed by atoms with Crippen LogP contribution in [0.4, 0.5) is 10.1 Å². The standard InChI is InChI=1S/C36H37ClFN3O6S/c1-25(2)22-39-36(43)32(20-26-8-4-3-5-9-26)40(23-27-10-6-7-11-31(27)37)35(42)24-41(29-14-12-28(38)13-15-29)48(44,45)30-16-17-33-34(21-30)47-19-18-46-33/h3-17,21,25,32H,18-20,22-24H2,1-2H3,(H,39,43)/t32-/m1/s1. The highest BCUT2D eigenvalue weighted by molar-refractivity contribution is 7.92. The minimum Gasteiger partial charge on any atom is -0.486 e. The molecule has 0 aliphatic carbocycles. The van der Waals surface area contributed by atoms with E-state index in [1.54, 1.807) is 24.3 Å². The molecule has 0 spiro atoms. The number of benzene rings is 4. The van der Waals surface area contributed by atoms with E-state index in [2.05, 4.69) is 5.32 Å². The maximum atomic E-state index is 14.6. The van der Waals surface area contributed by atoms with E-state index in [1.165, 1.54) is 35.2 Å². The Labute approximate surface area is 285 Å². The number of carbonyl (C=O) groups excluding carboxylic acids is 2. The molecule has 0 saturated carbocycles. The largest absolute Gasteiger partial charge is 0.486 e. The van der Waals surface area contributed by atoms with E-state index in [1.807, 2.05) is 44.2 Å². The lowest BCUT2D eigenvalue weighted by atomic mass is 10.0. The molecule has 48 heavy (non-hydrogen) atoms. The first kappa shape index (κ1) is 34.7. The van der Waals surface area contributed by atoms with Gasteiger partial charge in [-0.3, -0.25) is 13.9 Å². The molecular formula is C36H37ClFN3O6S. The average molecular weight is 694 g/mol. The third-order valence-electron chi connectivity index (χ3n) is 7.75. The number of rotatable bonds is 13. The van der Waals surface area contributed by atoms with Gasteiger partial charge in [-0.15, -0.1) is 0 Å². The smallest absolute Gasteiger partial charge is 0.264 e. The Bertz CT molecular complexity index is 1840. The fraction of sp³-hybridized carbons (Fsp3) is 0.278. The molecule has 0 bridgehead atoms. The Morgan fingerprint density at radius 3 is 2.25 bits per heavy atom. The van der Waals surface area contributed by atoms with E-state index in [4.69, 9.17) is 21.1 Å². The van der Waals surface area contributed by atoms with E-state index in [9.17, 15) is 22.4 Å². The van der Waals surface area contributed by atoms with Crippen molar-refractivity contribution < 1.29 is 31.9 Å². The maximum Gasteiger partial charge on any atom is 0.264 e. The molecule has 9 nitrogen and oxygen atoms in total. The maximum absolute atomic E-state index is 14.6. The molecule has 4 aromatic rings. The summed E-state index contributed by atoms with van der Waals surface area (Å²) < 4.78 is 54.7. The summed E-state index contributed by atoms with van der Waals surface area (Å²) in [6.07, 6.45) is 0.159. The number of nitrogens with zero attached hydrogens (tertiary/aromatic N) is 2. The Morgan fingerprint density at radius 2 is 1.56 bits per heavy atom. The van der Waals surface area contributed by atoms with Crippen LogP contribution in [0.2, 0.25) is 5.02 Å². The summed E-state index contributed by atoms with van der Waals surface area (Å²) in [4.78, 5) is 29.7. The Balaban J connectivity index is 1.57. The van der Waals surface area contributed by atoms with Gasteiger partial charge in [0.15, 0.2) is 11.5 Å². The minimum atomic E-state index is -4.44. The minimum absolute atomic E-state index is 0.0567. The molecule has 4 aromatic carbocycles. The highest BCUT2D eigenvalue weighted by atomic mass is 35.5. The number of sulfonamides is 1. The Hall–Kier alpha value is -4.61. The van der Waals surface area contributed by atoms with Gasteiger partial charge in [0.1, 0.15) is 31.6 Å². The summed E-state index contributed by atoms with van der Waals surface area (Å²) in [6.45, 7) is 4.09. The molecule has 0 fully saturated rings. The van der Waals surface area contributed by atoms with Crippen molar-refractivity contribution in [2.24, 2.45) is 5.92 Å². The molecule has 1 aliphatic rings. The summed E-state index contributed by atoms with van der Waals surface area (Å²) in [5, 5.41) is 3.33. The summed E-state index contributed by atoms with van der Waals surface area (Å²) >= 11 is 6.54. The van der Waals surface area contributed by atoms with E-state index >= 15 is 0 Å². The number of nitrogens with one attached hydrogen (secondary N) is 1. The van der Waals surface area contributed by atoms with Crippen molar-refractivity contribution in [2.75, 3.05) is 30.6 Å². The van der Waals surface area contributed by atoms with Crippen LogP contribution in [0.1, 0.15) is 25.0 Å². The highest BCUT2D eigenvalue weighted by Crippen LogP contribution is 2.34. The summed E-state index contributed by atoms with van der Waals surface area (Å²) in [5.41, 5.74) is 1.44. The molecule has 12 heteroatoms. The third-order valence-corrected chi connectivity index (χ3v) is 9.89. The van der Waals surface area contributed by atoms with Crippen LogP contribution in [0.15, 0.2) is 102 Å². The fourth-order valence-corrected chi connectivity index (χ4v) is 6.86. The molecule has 2 amide bonds. The van der Waals surface area contributed by atoms with Crippen molar-refractivity contribution in [3.8, 4) is 11.5 Å². The topological polar surface area (TPSA) is 105 Å². The van der Waals surface area contributed by atoms with E-state index < -0.39 is 40.2 Å². The summed E-state index contributed by atoms with van der Waals surface area (Å²) in [6, 6.07) is 24.2. The van der Waals surface area contributed by atoms with Crippen molar-refractivity contribution in [1.29, 1.82) is 0 Å². The van der Waals surface area contributed by atoms with Crippen LogP contribution >= 0.6 is 11.6 Å². The molecule has 1 heterocycles. The van der Waals surface area contributed by atoms with Gasteiger partial charge >= 0.3 is 0 Å². The SMILES string of the molecule is CC(C)CNC(=O)[C@@H](Cc1ccccc1)N(Cc1ccccc1Cl)C(=O)CN(c1ccc(F)cc1)S(=O)(=O)c1ccc2c(c1)OCCO2. The lowest BCUT2D eigenvalue weighted by Gasteiger charge is -2.34. The van der Waals surface area contributed by atoms with Crippen molar-refractivity contribution in [1.82, 2.24) is 10.2 Å². The van der Waals surface area contributed by atoms with E-state index in [0.717, 1.165) is 22.0 Å². The van der Waals surface area contributed by atoms with E-state index in [-0.39, 0.29) is 41.8 Å². The quantitative estimate of drug-likeness (QED) is 0.188. The van der Waals surface area contributed by atoms with Crippen molar-refractivity contribution in [3.05, 3.63) is 119 Å². The number of hydrogen-bond donors (Lipinski definition) is 1. The first-order valence-corrected chi connectivity index (χ1v) is 17.4. The van der Waals surface area contributed by atoms with Crippen molar-refractivity contribution >= 4 is 39.1 Å². The molecule has 1 atom stereocenters. The number of hydrogen-bond acceptors (Lipinski definition) is 6. The van der Waals surface area contributed by atoms with Crippen LogP contribution in [0.3, 0.4) is 0 Å². The van der Waals surface area contributed by atoms with Crippen molar-refractivity contribution in [2.45, 2.75) is 37.8 Å². The van der Waals surface area contributed by atoms with Crippen LogP contribution < -0.4 is 19.1 Å². The molecule has 1 N–H and O–H groups in total. The molecule has 252 valence electrons. The number of halogens is 2. The summed E-state index contributed by atoms with van der Waals surface area (Å²) in [5.74, 6) is -0.850. The van der Waals surface area contributed by atoms with Crippen LogP contribution in [0.5, 0.6) is 11.5 Å². The predicted octanol–water partition coefficient (Wildman–Crippen LogP) is 5.86. The molecule has 0 aromatic heterocycles. The van der Waals surface area contributed by atoms with Crippen LogP contribution in [0, 0.1) is 11.7 Å². The number of carbonyl (C=O) groups is 2. The number of fused-ring (bicyclic) bond motifs is 1. The molecule has 0 unspecified atom stereocenters. The highest BCUT2D eigenvalue weighted by Gasteiger charge is 2.35. The third kappa shape index (κ3) is 8.45. The fourth-order valence-electron chi connectivity index (χ4n) is 5.23. The molecule has 0 saturated heterocycles. The summed E-state index contributed by atoms with van der Waals surface area (Å²) in [7, 11) is -4.44. The number of ether oxygens (including phenoxy) is 2. The first-order valence-electron chi connectivity index (χ1n) is 15.6. The Kier molecular flexibility index (Phi) is 11.2. The second-order valence-corrected chi connectivity index (χ2v) is 14.0. The zero-order valence-corrected chi connectivity index (χ0v) is 28.2. The van der Waals surface area contributed by atoms with Gasteiger partial charge < -0.3 is 19.7 Å².